The lowest BCUT2D eigenvalue weighted by molar-refractivity contribution is -0.360. The van der Waals surface area contributed by atoms with Gasteiger partial charge in [0.05, 0.1) is 38.4 Å². The number of hydrogen-bond acceptors (Lipinski definition) is 12. The van der Waals surface area contributed by atoms with E-state index >= 15 is 0 Å². The largest absolute Gasteiger partial charge is 0.454 e. The third-order valence-corrected chi connectivity index (χ3v) is 8.87. The van der Waals surface area contributed by atoms with Crippen molar-refractivity contribution in [1.82, 2.24) is 0 Å². The van der Waals surface area contributed by atoms with Crippen LogP contribution in [0.2, 0.25) is 0 Å². The van der Waals surface area contributed by atoms with Crippen molar-refractivity contribution in [2.45, 2.75) is 122 Å². The Labute approximate surface area is 304 Å². The summed E-state index contributed by atoms with van der Waals surface area (Å²) >= 11 is 0. The molecule has 0 amide bonds. The minimum Gasteiger partial charge on any atom is -0.454 e. The Balaban J connectivity index is 1.49. The summed E-state index contributed by atoms with van der Waals surface area (Å²) < 4.78 is 49.8. The molecule has 2 heterocycles. The number of esters is 2. The molecule has 2 aliphatic heterocycles. The van der Waals surface area contributed by atoms with Crippen molar-refractivity contribution in [1.29, 1.82) is 0 Å². The molecule has 0 aromatic heterocycles. The standard InChI is InChI=1S/C40H48O12/c1-25(41)20-21-32(43)51-38-35(47-24-31-18-12-7-13-19-31)33(45-22-29-14-8-5-9-15-29)27(3)49-40(38)52-36-34(46-23-30-16-10-6-11-17-30)26(2)48-39(44)37(36)50-28(4)42/h5-19,26-27,33-40,44H,20-24H2,1-4H3/t26-,27-,33-,34-,35+,36+,37+,38+,39+,40-/m0/s1. The zero-order valence-electron chi connectivity index (χ0n) is 29.9. The first kappa shape index (κ1) is 39.2. The number of rotatable bonds is 16. The summed E-state index contributed by atoms with van der Waals surface area (Å²) in [4.78, 5) is 37.4. The highest BCUT2D eigenvalue weighted by Crippen LogP contribution is 2.35. The van der Waals surface area contributed by atoms with E-state index < -0.39 is 73.4 Å². The Hall–Kier alpha value is -4.01. The number of benzene rings is 3. The Kier molecular flexibility index (Phi) is 14.5. The van der Waals surface area contributed by atoms with E-state index in [4.69, 9.17) is 37.9 Å². The number of hydrogen-bond donors (Lipinski definition) is 1. The molecule has 10 atom stereocenters. The fourth-order valence-corrected chi connectivity index (χ4v) is 6.26. The molecule has 0 aliphatic carbocycles. The molecule has 280 valence electrons. The highest BCUT2D eigenvalue weighted by atomic mass is 16.7. The highest BCUT2D eigenvalue weighted by molar-refractivity contribution is 5.81. The Morgan fingerprint density at radius 3 is 1.52 bits per heavy atom. The minimum absolute atomic E-state index is 0.0224. The fourth-order valence-electron chi connectivity index (χ4n) is 6.26. The topological polar surface area (TPSA) is 145 Å². The maximum atomic E-state index is 13.3. The molecule has 0 unspecified atom stereocenters. The van der Waals surface area contributed by atoms with Crippen molar-refractivity contribution in [2.75, 3.05) is 0 Å². The van der Waals surface area contributed by atoms with Crippen LogP contribution in [-0.4, -0.2) is 84.2 Å². The lowest BCUT2D eigenvalue weighted by Crippen LogP contribution is -2.65. The van der Waals surface area contributed by atoms with E-state index in [1.165, 1.54) is 13.8 Å². The predicted molar refractivity (Wildman–Crippen MR) is 186 cm³/mol. The molecule has 3 aromatic rings. The second-order valence-electron chi connectivity index (χ2n) is 13.1. The maximum Gasteiger partial charge on any atom is 0.306 e. The van der Waals surface area contributed by atoms with E-state index in [9.17, 15) is 19.5 Å². The molecule has 12 heteroatoms. The number of carbonyl (C=O) groups is 3. The van der Waals surface area contributed by atoms with Crippen LogP contribution in [0.3, 0.4) is 0 Å². The average Bonchev–Trinajstić information content (AvgIpc) is 3.13. The minimum atomic E-state index is -1.56. The Morgan fingerprint density at radius 2 is 1.04 bits per heavy atom. The summed E-state index contributed by atoms with van der Waals surface area (Å²) in [5, 5.41) is 11.0. The molecule has 5 rings (SSSR count). The summed E-state index contributed by atoms with van der Waals surface area (Å²) in [5.41, 5.74) is 2.65. The molecule has 3 aromatic carbocycles. The van der Waals surface area contributed by atoms with Gasteiger partial charge >= 0.3 is 11.9 Å². The van der Waals surface area contributed by atoms with Crippen molar-refractivity contribution in [3.05, 3.63) is 108 Å². The van der Waals surface area contributed by atoms with E-state index in [1.54, 1.807) is 13.8 Å². The van der Waals surface area contributed by atoms with Gasteiger partial charge in [-0.05, 0) is 37.5 Å². The van der Waals surface area contributed by atoms with E-state index in [0.29, 0.717) is 0 Å². The molecule has 1 N–H and O–H groups in total. The van der Waals surface area contributed by atoms with Crippen molar-refractivity contribution in [3.8, 4) is 0 Å². The van der Waals surface area contributed by atoms with Crippen molar-refractivity contribution in [3.63, 3.8) is 0 Å². The monoisotopic (exact) mass is 720 g/mol. The molecule has 2 aliphatic rings. The van der Waals surface area contributed by atoms with Gasteiger partial charge in [0.2, 0.25) is 0 Å². The number of carbonyl (C=O) groups excluding carboxylic acids is 3. The van der Waals surface area contributed by atoms with Crippen molar-refractivity contribution < 1.29 is 57.4 Å². The number of ether oxygens (including phenoxy) is 8. The summed E-state index contributed by atoms with van der Waals surface area (Å²) in [6.45, 7) is 6.63. The molecular formula is C40H48O12. The number of ketones is 1. The summed E-state index contributed by atoms with van der Waals surface area (Å²) in [5.74, 6) is -1.52. The van der Waals surface area contributed by atoms with Crippen molar-refractivity contribution in [2.24, 2.45) is 0 Å². The third-order valence-electron chi connectivity index (χ3n) is 8.87. The van der Waals surface area contributed by atoms with Crippen LogP contribution < -0.4 is 0 Å². The van der Waals surface area contributed by atoms with E-state index in [-0.39, 0.29) is 38.4 Å². The number of aliphatic hydroxyl groups excluding tert-OH is 1. The van der Waals surface area contributed by atoms with Gasteiger partial charge in [0.15, 0.2) is 24.8 Å². The lowest BCUT2D eigenvalue weighted by atomic mass is 9.96. The second kappa shape index (κ2) is 19.2. The van der Waals surface area contributed by atoms with Gasteiger partial charge < -0.3 is 47.8 Å². The average molecular weight is 721 g/mol. The van der Waals surface area contributed by atoms with Crippen LogP contribution in [0.25, 0.3) is 0 Å². The van der Waals surface area contributed by atoms with Gasteiger partial charge in [-0.15, -0.1) is 0 Å². The first-order chi connectivity index (χ1) is 25.1. The van der Waals surface area contributed by atoms with E-state index in [0.717, 1.165) is 16.7 Å². The zero-order chi connectivity index (χ0) is 37.0. The molecule has 0 radical (unpaired) electrons. The second-order valence-corrected chi connectivity index (χ2v) is 13.1. The van der Waals surface area contributed by atoms with Crippen LogP contribution in [0, 0.1) is 0 Å². The van der Waals surface area contributed by atoms with E-state index in [1.807, 2.05) is 91.0 Å². The van der Waals surface area contributed by atoms with Gasteiger partial charge in [-0.25, -0.2) is 0 Å². The van der Waals surface area contributed by atoms with Crippen LogP contribution in [0.4, 0.5) is 0 Å². The molecule has 0 spiro atoms. The normalized spacial score (nSPS) is 28.9. The molecule has 0 saturated carbocycles. The van der Waals surface area contributed by atoms with Gasteiger partial charge in [0.25, 0.3) is 0 Å². The van der Waals surface area contributed by atoms with Crippen LogP contribution >= 0.6 is 0 Å². The van der Waals surface area contributed by atoms with Crippen molar-refractivity contribution >= 4 is 17.7 Å². The molecule has 2 fully saturated rings. The molecule has 0 bridgehead atoms. The number of aliphatic hydroxyl groups is 1. The van der Waals surface area contributed by atoms with Crippen LogP contribution in [0.1, 0.15) is 57.2 Å². The highest BCUT2D eigenvalue weighted by Gasteiger charge is 2.54. The molecular weight excluding hydrogens is 672 g/mol. The maximum absolute atomic E-state index is 13.3. The Bertz CT molecular complexity index is 1550. The van der Waals surface area contributed by atoms with Gasteiger partial charge in [0.1, 0.15) is 30.2 Å². The lowest BCUT2D eigenvalue weighted by Gasteiger charge is -2.48. The predicted octanol–water partition coefficient (Wildman–Crippen LogP) is 4.82. The van der Waals surface area contributed by atoms with Gasteiger partial charge in [0, 0.05) is 13.3 Å². The quantitative estimate of drug-likeness (QED) is 0.203. The van der Waals surface area contributed by atoms with Gasteiger partial charge in [-0.1, -0.05) is 91.0 Å². The molecule has 12 nitrogen and oxygen atoms in total. The molecule has 2 saturated heterocycles. The van der Waals surface area contributed by atoms with Gasteiger partial charge in [-0.2, -0.15) is 0 Å². The van der Waals surface area contributed by atoms with Crippen LogP contribution in [0.15, 0.2) is 91.0 Å². The van der Waals surface area contributed by atoms with E-state index in [2.05, 4.69) is 0 Å². The fraction of sp³-hybridized carbons (Fsp3) is 0.475. The summed E-state index contributed by atoms with van der Waals surface area (Å²) in [7, 11) is 0. The summed E-state index contributed by atoms with van der Waals surface area (Å²) in [6, 6.07) is 28.5. The van der Waals surface area contributed by atoms with Crippen LogP contribution in [0.5, 0.6) is 0 Å². The first-order valence-corrected chi connectivity index (χ1v) is 17.6. The van der Waals surface area contributed by atoms with Gasteiger partial charge in [-0.3, -0.25) is 9.59 Å². The Morgan fingerprint density at radius 1 is 0.577 bits per heavy atom. The zero-order valence-corrected chi connectivity index (χ0v) is 29.9. The smallest absolute Gasteiger partial charge is 0.306 e. The SMILES string of the molecule is CC(=O)CCC(=O)O[C@H]1[C@H](O[C@@H]2[C@@H](OCc3ccccc3)[C@H](C)O[C@@H](O)[C@@H]2OC(C)=O)O[C@@H](C)[C@H](OCc2ccccc2)[C@H]1OCc1ccccc1. The number of Topliss-reactive ketones (excluding diaryl/α,β-unsaturated/α-hetero) is 1. The summed E-state index contributed by atoms with van der Waals surface area (Å²) in [6.07, 6.45) is -10.8. The van der Waals surface area contributed by atoms with Crippen LogP contribution in [-0.2, 0) is 72.1 Å². The third kappa shape index (κ3) is 11.0. The first-order valence-electron chi connectivity index (χ1n) is 17.6. The molecule has 52 heavy (non-hydrogen) atoms.